The second-order valence-electron chi connectivity index (χ2n) is 10.2. The lowest BCUT2D eigenvalue weighted by molar-refractivity contribution is -0.135. The van der Waals surface area contributed by atoms with Crippen LogP contribution in [0.2, 0.25) is 0 Å². The van der Waals surface area contributed by atoms with E-state index in [-0.39, 0.29) is 24.3 Å². The summed E-state index contributed by atoms with van der Waals surface area (Å²) in [5.74, 6) is 0.902. The number of nitrogens with one attached hydrogen (secondary N) is 2. The summed E-state index contributed by atoms with van der Waals surface area (Å²) in [4.78, 5) is 44.6. The number of carbonyl (C=O) groups is 3. The predicted octanol–water partition coefficient (Wildman–Crippen LogP) is 3.00. The number of amides is 3. The molecular weight excluding hydrogens is 454 g/mol. The van der Waals surface area contributed by atoms with Crippen LogP contribution in [0.1, 0.15) is 30.6 Å². The van der Waals surface area contributed by atoms with Gasteiger partial charge in [-0.1, -0.05) is 44.2 Å². The van der Waals surface area contributed by atoms with Crippen LogP contribution in [0.25, 0.3) is 0 Å². The van der Waals surface area contributed by atoms with Gasteiger partial charge in [0.25, 0.3) is 5.91 Å². The van der Waals surface area contributed by atoms with E-state index >= 15 is 0 Å². The van der Waals surface area contributed by atoms with E-state index in [0.29, 0.717) is 35.3 Å². The smallest absolute Gasteiger partial charge is 0.257 e. The van der Waals surface area contributed by atoms with Gasteiger partial charge in [-0.05, 0) is 42.5 Å². The van der Waals surface area contributed by atoms with E-state index < -0.39 is 0 Å². The van der Waals surface area contributed by atoms with Crippen LogP contribution in [0, 0.1) is 11.8 Å². The summed E-state index contributed by atoms with van der Waals surface area (Å²) < 4.78 is 0. The number of nitrogens with zero attached hydrogens (tertiary/aromatic N) is 3. The Morgan fingerprint density at radius 1 is 0.778 bits per heavy atom. The third-order valence-electron chi connectivity index (χ3n) is 6.89. The lowest BCUT2D eigenvalue weighted by Gasteiger charge is -2.38. The molecule has 4 rings (SSSR count). The van der Waals surface area contributed by atoms with E-state index in [2.05, 4.69) is 34.3 Å². The molecule has 2 atom stereocenters. The average Bonchev–Trinajstić information content (AvgIpc) is 2.85. The zero-order chi connectivity index (χ0) is 25.5. The Morgan fingerprint density at radius 2 is 1.36 bits per heavy atom. The SMILES string of the molecule is C[C@@H]1C[C@@H](C)CN(C(=O)CN2CCN(CC(=O)Nc3ccccc3C(=O)Nc3ccccc3)CC2)C1. The quantitative estimate of drug-likeness (QED) is 0.622. The number of anilines is 2. The van der Waals surface area contributed by atoms with Gasteiger partial charge in [0.05, 0.1) is 24.3 Å². The first-order chi connectivity index (χ1) is 17.4. The molecule has 36 heavy (non-hydrogen) atoms. The first-order valence-electron chi connectivity index (χ1n) is 12.8. The number of hydrogen-bond donors (Lipinski definition) is 2. The van der Waals surface area contributed by atoms with Gasteiger partial charge in [-0.15, -0.1) is 0 Å². The predicted molar refractivity (Wildman–Crippen MR) is 142 cm³/mol. The summed E-state index contributed by atoms with van der Waals surface area (Å²) in [5, 5.41) is 5.77. The van der Waals surface area contributed by atoms with Gasteiger partial charge in [-0.25, -0.2) is 0 Å². The summed E-state index contributed by atoms with van der Waals surface area (Å²) in [6.07, 6.45) is 1.19. The Balaban J connectivity index is 1.24. The minimum absolute atomic E-state index is 0.157. The maximum Gasteiger partial charge on any atom is 0.257 e. The number of hydrogen-bond acceptors (Lipinski definition) is 5. The van der Waals surface area contributed by atoms with Gasteiger partial charge < -0.3 is 15.5 Å². The van der Waals surface area contributed by atoms with Crippen LogP contribution in [-0.2, 0) is 9.59 Å². The lowest BCUT2D eigenvalue weighted by atomic mass is 9.92. The molecule has 2 aromatic rings. The number of benzene rings is 2. The minimum atomic E-state index is -0.270. The molecule has 2 heterocycles. The number of piperidine rings is 1. The monoisotopic (exact) mass is 491 g/mol. The first kappa shape index (κ1) is 25.9. The van der Waals surface area contributed by atoms with Gasteiger partial charge in [-0.3, -0.25) is 24.2 Å². The highest BCUT2D eigenvalue weighted by Crippen LogP contribution is 2.21. The second kappa shape index (κ2) is 12.1. The molecule has 3 amide bonds. The van der Waals surface area contributed by atoms with Gasteiger partial charge in [0.15, 0.2) is 0 Å². The molecule has 2 saturated heterocycles. The zero-order valence-electron chi connectivity index (χ0n) is 21.3. The molecule has 0 aliphatic carbocycles. The molecular formula is C28H37N5O3. The van der Waals surface area contributed by atoms with Crippen molar-refractivity contribution in [1.82, 2.24) is 14.7 Å². The van der Waals surface area contributed by atoms with Crippen molar-refractivity contribution in [2.75, 3.05) is 63.0 Å². The minimum Gasteiger partial charge on any atom is -0.341 e. The molecule has 2 aliphatic rings. The summed E-state index contributed by atoms with van der Waals surface area (Å²) in [6, 6.07) is 16.3. The Bertz CT molecular complexity index is 1040. The van der Waals surface area contributed by atoms with E-state index in [9.17, 15) is 14.4 Å². The van der Waals surface area contributed by atoms with Crippen molar-refractivity contribution in [3.05, 3.63) is 60.2 Å². The molecule has 0 radical (unpaired) electrons. The number of para-hydroxylation sites is 2. The summed E-state index contributed by atoms with van der Waals surface area (Å²) in [6.45, 7) is 9.81. The zero-order valence-corrected chi connectivity index (χ0v) is 21.3. The molecule has 2 aromatic carbocycles. The Morgan fingerprint density at radius 3 is 2.03 bits per heavy atom. The fraction of sp³-hybridized carbons (Fsp3) is 0.464. The third kappa shape index (κ3) is 7.15. The molecule has 8 nitrogen and oxygen atoms in total. The fourth-order valence-corrected chi connectivity index (χ4v) is 5.17. The molecule has 0 unspecified atom stereocenters. The standard InChI is InChI=1S/C28H37N5O3/c1-21-16-22(2)18-33(17-21)27(35)20-32-14-12-31(13-15-32)19-26(34)30-25-11-7-6-10-24(25)28(36)29-23-8-4-3-5-9-23/h3-11,21-22H,12-20H2,1-2H3,(H,29,36)(H,30,34)/t21-,22-/m1/s1. The second-order valence-corrected chi connectivity index (χ2v) is 10.2. The highest BCUT2D eigenvalue weighted by Gasteiger charge is 2.28. The van der Waals surface area contributed by atoms with E-state index in [0.717, 1.165) is 39.3 Å². The maximum absolute atomic E-state index is 12.8. The Hall–Kier alpha value is -3.23. The fourth-order valence-electron chi connectivity index (χ4n) is 5.17. The summed E-state index contributed by atoms with van der Waals surface area (Å²) in [7, 11) is 0. The van der Waals surface area contributed by atoms with Gasteiger partial charge >= 0.3 is 0 Å². The third-order valence-corrected chi connectivity index (χ3v) is 6.89. The average molecular weight is 492 g/mol. The molecule has 0 aromatic heterocycles. The summed E-state index contributed by atoms with van der Waals surface area (Å²) in [5.41, 5.74) is 1.61. The Kier molecular flexibility index (Phi) is 8.72. The van der Waals surface area contributed by atoms with Crippen molar-refractivity contribution >= 4 is 29.1 Å². The van der Waals surface area contributed by atoms with Gasteiger partial charge in [0.1, 0.15) is 0 Å². The maximum atomic E-state index is 12.8. The summed E-state index contributed by atoms with van der Waals surface area (Å²) >= 11 is 0. The number of rotatable bonds is 7. The largest absolute Gasteiger partial charge is 0.341 e. The highest BCUT2D eigenvalue weighted by molar-refractivity contribution is 6.10. The van der Waals surface area contributed by atoms with Crippen molar-refractivity contribution in [1.29, 1.82) is 0 Å². The van der Waals surface area contributed by atoms with Crippen LogP contribution in [0.5, 0.6) is 0 Å². The van der Waals surface area contributed by atoms with E-state index in [1.165, 1.54) is 6.42 Å². The van der Waals surface area contributed by atoms with E-state index in [1.807, 2.05) is 35.2 Å². The van der Waals surface area contributed by atoms with Crippen LogP contribution in [0.15, 0.2) is 54.6 Å². The first-order valence-corrected chi connectivity index (χ1v) is 12.8. The highest BCUT2D eigenvalue weighted by atomic mass is 16.2. The van der Waals surface area contributed by atoms with Crippen LogP contribution in [-0.4, -0.2) is 84.8 Å². The van der Waals surface area contributed by atoms with Crippen molar-refractivity contribution in [3.8, 4) is 0 Å². The molecule has 2 fully saturated rings. The van der Waals surface area contributed by atoms with Crippen molar-refractivity contribution in [2.24, 2.45) is 11.8 Å². The molecule has 2 N–H and O–H groups in total. The van der Waals surface area contributed by atoms with E-state index in [4.69, 9.17) is 0 Å². The number of likely N-dealkylation sites (tertiary alicyclic amines) is 1. The molecule has 192 valence electrons. The molecule has 0 saturated carbocycles. The Labute approximate surface area is 213 Å². The van der Waals surface area contributed by atoms with Crippen LogP contribution >= 0.6 is 0 Å². The molecule has 0 spiro atoms. The molecule has 8 heteroatoms. The lowest BCUT2D eigenvalue weighted by Crippen LogP contribution is -2.52. The van der Waals surface area contributed by atoms with Gasteiger partial charge in [-0.2, -0.15) is 0 Å². The van der Waals surface area contributed by atoms with Gasteiger partial charge in [0, 0.05) is 45.0 Å². The topological polar surface area (TPSA) is 85.0 Å². The molecule has 0 bridgehead atoms. The van der Waals surface area contributed by atoms with Crippen LogP contribution < -0.4 is 10.6 Å². The van der Waals surface area contributed by atoms with Crippen molar-refractivity contribution in [3.63, 3.8) is 0 Å². The normalized spacial score (nSPS) is 21.1. The molecule has 2 aliphatic heterocycles. The van der Waals surface area contributed by atoms with Crippen molar-refractivity contribution < 1.29 is 14.4 Å². The van der Waals surface area contributed by atoms with Crippen molar-refractivity contribution in [2.45, 2.75) is 20.3 Å². The number of carbonyl (C=O) groups excluding carboxylic acids is 3. The van der Waals surface area contributed by atoms with Crippen LogP contribution in [0.4, 0.5) is 11.4 Å². The van der Waals surface area contributed by atoms with E-state index in [1.54, 1.807) is 24.3 Å². The van der Waals surface area contributed by atoms with Crippen LogP contribution in [0.3, 0.4) is 0 Å². The number of piperazine rings is 1. The van der Waals surface area contributed by atoms with Gasteiger partial charge in [0.2, 0.25) is 11.8 Å².